The largest absolute Gasteiger partial charge is 0.477 e. The molecule has 0 amide bonds. The second-order valence-electron chi connectivity index (χ2n) is 5.59. The van der Waals surface area contributed by atoms with Crippen LogP contribution >= 0.6 is 11.3 Å². The van der Waals surface area contributed by atoms with Crippen LogP contribution in [0, 0.1) is 6.92 Å². The second-order valence-corrected chi connectivity index (χ2v) is 6.59. The fourth-order valence-electron chi connectivity index (χ4n) is 3.20. The molecule has 7 heteroatoms. The third-order valence-electron chi connectivity index (χ3n) is 4.26. The predicted octanol–water partition coefficient (Wildman–Crippen LogP) is 2.44. The highest BCUT2D eigenvalue weighted by Gasteiger charge is 2.27. The van der Waals surface area contributed by atoms with Crippen molar-refractivity contribution in [2.24, 2.45) is 0 Å². The molecule has 0 aromatic carbocycles. The molecule has 3 heterocycles. The van der Waals surface area contributed by atoms with E-state index in [9.17, 15) is 15.0 Å². The molecule has 1 fully saturated rings. The van der Waals surface area contributed by atoms with Crippen LogP contribution in [0.3, 0.4) is 0 Å². The van der Waals surface area contributed by atoms with Gasteiger partial charge in [-0.2, -0.15) is 0 Å². The molecule has 22 heavy (non-hydrogen) atoms. The minimum atomic E-state index is -0.919. The monoisotopic (exact) mass is 321 g/mol. The zero-order valence-corrected chi connectivity index (χ0v) is 13.3. The van der Waals surface area contributed by atoms with Crippen molar-refractivity contribution in [2.45, 2.75) is 38.6 Å². The third kappa shape index (κ3) is 2.55. The van der Waals surface area contributed by atoms with Crippen LogP contribution in [0.4, 0.5) is 5.82 Å². The van der Waals surface area contributed by atoms with Crippen molar-refractivity contribution in [3.63, 3.8) is 0 Å². The average molecular weight is 321 g/mol. The molecule has 2 aromatic rings. The first-order chi connectivity index (χ1) is 10.6. The van der Waals surface area contributed by atoms with E-state index in [4.69, 9.17) is 0 Å². The Balaban J connectivity index is 2.11. The Morgan fingerprint density at radius 3 is 3.00 bits per heavy atom. The lowest BCUT2D eigenvalue weighted by molar-refractivity contribution is 0.0701. The van der Waals surface area contributed by atoms with Gasteiger partial charge in [0, 0.05) is 19.2 Å². The fourth-order valence-corrected chi connectivity index (χ4v) is 4.19. The van der Waals surface area contributed by atoms with Crippen molar-refractivity contribution < 1.29 is 15.0 Å². The zero-order chi connectivity index (χ0) is 15.7. The van der Waals surface area contributed by atoms with Gasteiger partial charge in [0.1, 0.15) is 21.9 Å². The fraction of sp³-hybridized carbons (Fsp3) is 0.533. The Kier molecular flexibility index (Phi) is 4.26. The van der Waals surface area contributed by atoms with Gasteiger partial charge in [0.25, 0.3) is 0 Å². The minimum Gasteiger partial charge on any atom is -0.477 e. The highest BCUT2D eigenvalue weighted by atomic mass is 32.1. The SMILES string of the molecule is Cc1c(C(=O)O)sc2ncnc(N3CCCCC3CCO)c12. The van der Waals surface area contributed by atoms with Gasteiger partial charge in [-0.25, -0.2) is 14.8 Å². The van der Waals surface area contributed by atoms with Gasteiger partial charge in [0.15, 0.2) is 0 Å². The van der Waals surface area contributed by atoms with Crippen LogP contribution in [0.15, 0.2) is 6.33 Å². The van der Waals surface area contributed by atoms with Crippen molar-refractivity contribution in [3.05, 3.63) is 16.8 Å². The van der Waals surface area contributed by atoms with E-state index in [1.165, 1.54) is 17.7 Å². The Bertz CT molecular complexity index is 699. The van der Waals surface area contributed by atoms with Crippen molar-refractivity contribution in [1.29, 1.82) is 0 Å². The number of carboxylic acid groups (broad SMARTS) is 1. The molecule has 0 radical (unpaired) electrons. The number of nitrogens with zero attached hydrogens (tertiary/aromatic N) is 3. The van der Waals surface area contributed by atoms with E-state index >= 15 is 0 Å². The summed E-state index contributed by atoms with van der Waals surface area (Å²) in [6.45, 7) is 2.85. The summed E-state index contributed by atoms with van der Waals surface area (Å²) in [6, 6.07) is 0.254. The Hall–Kier alpha value is -1.73. The smallest absolute Gasteiger partial charge is 0.346 e. The first-order valence-electron chi connectivity index (χ1n) is 7.48. The predicted molar refractivity (Wildman–Crippen MR) is 85.8 cm³/mol. The van der Waals surface area contributed by atoms with E-state index in [1.54, 1.807) is 0 Å². The van der Waals surface area contributed by atoms with Crippen LogP contribution in [0.1, 0.15) is 40.9 Å². The van der Waals surface area contributed by atoms with Gasteiger partial charge in [-0.1, -0.05) is 0 Å². The summed E-state index contributed by atoms with van der Waals surface area (Å²) in [6.07, 6.45) is 5.48. The van der Waals surface area contributed by atoms with Crippen LogP contribution in [0.2, 0.25) is 0 Å². The van der Waals surface area contributed by atoms with E-state index in [1.807, 2.05) is 6.92 Å². The molecule has 1 unspecified atom stereocenters. The lowest BCUT2D eigenvalue weighted by atomic mass is 9.99. The summed E-state index contributed by atoms with van der Waals surface area (Å²) in [5.74, 6) is -0.110. The summed E-state index contributed by atoms with van der Waals surface area (Å²) in [4.78, 5) is 23.3. The van der Waals surface area contributed by atoms with Crippen LogP contribution in [0.25, 0.3) is 10.2 Å². The number of hydrogen-bond donors (Lipinski definition) is 2. The van der Waals surface area contributed by atoms with E-state index in [0.29, 0.717) is 16.1 Å². The molecule has 0 spiro atoms. The van der Waals surface area contributed by atoms with Gasteiger partial charge in [0.05, 0.1) is 5.39 Å². The summed E-state index contributed by atoms with van der Waals surface area (Å²) in [5.41, 5.74) is 0.733. The molecule has 1 saturated heterocycles. The third-order valence-corrected chi connectivity index (χ3v) is 5.45. The van der Waals surface area contributed by atoms with E-state index in [2.05, 4.69) is 14.9 Å². The molecule has 1 aliphatic heterocycles. The maximum Gasteiger partial charge on any atom is 0.346 e. The Morgan fingerprint density at radius 2 is 2.27 bits per heavy atom. The number of carboxylic acids is 1. The quantitative estimate of drug-likeness (QED) is 0.899. The molecule has 0 bridgehead atoms. The van der Waals surface area contributed by atoms with Crippen LogP contribution in [-0.4, -0.2) is 45.3 Å². The number of aromatic nitrogens is 2. The van der Waals surface area contributed by atoms with Gasteiger partial charge < -0.3 is 15.1 Å². The lowest BCUT2D eigenvalue weighted by Crippen LogP contribution is -2.40. The summed E-state index contributed by atoms with van der Waals surface area (Å²) in [7, 11) is 0. The van der Waals surface area contributed by atoms with Crippen molar-refractivity contribution in [3.8, 4) is 0 Å². The molecule has 0 saturated carbocycles. The highest BCUT2D eigenvalue weighted by molar-refractivity contribution is 7.20. The van der Waals surface area contributed by atoms with Crippen molar-refractivity contribution in [1.82, 2.24) is 9.97 Å². The number of aliphatic hydroxyl groups is 1. The van der Waals surface area contributed by atoms with Crippen molar-refractivity contribution >= 4 is 33.3 Å². The van der Waals surface area contributed by atoms with E-state index in [-0.39, 0.29) is 12.6 Å². The Labute approximate surface area is 132 Å². The molecule has 3 rings (SSSR count). The molecular weight excluding hydrogens is 302 g/mol. The molecule has 2 aromatic heterocycles. The first kappa shape index (κ1) is 15.2. The number of hydrogen-bond acceptors (Lipinski definition) is 6. The van der Waals surface area contributed by atoms with Crippen molar-refractivity contribution in [2.75, 3.05) is 18.1 Å². The van der Waals surface area contributed by atoms with Gasteiger partial charge in [-0.3, -0.25) is 0 Å². The van der Waals surface area contributed by atoms with Crippen LogP contribution in [0.5, 0.6) is 0 Å². The van der Waals surface area contributed by atoms with E-state index < -0.39 is 5.97 Å². The molecule has 118 valence electrons. The molecule has 6 nitrogen and oxygen atoms in total. The molecule has 1 aliphatic rings. The number of carbonyl (C=O) groups is 1. The minimum absolute atomic E-state index is 0.151. The summed E-state index contributed by atoms with van der Waals surface area (Å²) in [5, 5.41) is 19.5. The standard InChI is InChI=1S/C15H19N3O3S/c1-9-11-13(18-6-3-2-4-10(18)5-7-19)16-8-17-14(11)22-12(9)15(20)21/h8,10,19H,2-7H2,1H3,(H,20,21). The number of rotatable bonds is 4. The van der Waals surface area contributed by atoms with Gasteiger partial charge in [0.2, 0.25) is 0 Å². The topological polar surface area (TPSA) is 86.5 Å². The second kappa shape index (κ2) is 6.18. The zero-order valence-electron chi connectivity index (χ0n) is 12.4. The molecule has 2 N–H and O–H groups in total. The van der Waals surface area contributed by atoms with Gasteiger partial charge in [-0.15, -0.1) is 11.3 Å². The maximum atomic E-state index is 11.4. The highest BCUT2D eigenvalue weighted by Crippen LogP contribution is 2.37. The maximum absolute atomic E-state index is 11.4. The summed E-state index contributed by atoms with van der Waals surface area (Å²) >= 11 is 1.20. The molecule has 0 aliphatic carbocycles. The normalized spacial score (nSPS) is 18.8. The number of aromatic carboxylic acids is 1. The van der Waals surface area contributed by atoms with E-state index in [0.717, 1.165) is 42.6 Å². The Morgan fingerprint density at radius 1 is 1.45 bits per heavy atom. The number of piperidine rings is 1. The number of anilines is 1. The van der Waals surface area contributed by atoms with Crippen LogP contribution in [-0.2, 0) is 0 Å². The van der Waals surface area contributed by atoms with Gasteiger partial charge >= 0.3 is 5.97 Å². The molecular formula is C15H19N3O3S. The average Bonchev–Trinajstić information content (AvgIpc) is 2.86. The van der Waals surface area contributed by atoms with Crippen LogP contribution < -0.4 is 4.90 Å². The molecule has 1 atom stereocenters. The number of fused-ring (bicyclic) bond motifs is 1. The summed E-state index contributed by atoms with van der Waals surface area (Å²) < 4.78 is 0. The lowest BCUT2D eigenvalue weighted by Gasteiger charge is -2.36. The number of thiophene rings is 1. The number of aliphatic hydroxyl groups excluding tert-OH is 1. The number of aryl methyl sites for hydroxylation is 1. The first-order valence-corrected chi connectivity index (χ1v) is 8.30. The van der Waals surface area contributed by atoms with Gasteiger partial charge in [-0.05, 0) is 38.2 Å².